The molecule has 4 rings (SSSR count). The molecule has 1 aromatic carbocycles. The first-order valence-corrected chi connectivity index (χ1v) is 10.9. The van der Waals surface area contributed by atoms with E-state index in [9.17, 15) is 4.79 Å². The number of hydrogen-bond acceptors (Lipinski definition) is 6. The van der Waals surface area contributed by atoms with Gasteiger partial charge in [-0.2, -0.15) is 5.10 Å². The molecular formula is C24H30N6O2. The first-order valence-electron chi connectivity index (χ1n) is 10.9. The minimum atomic E-state index is 0.169. The zero-order valence-electron chi connectivity index (χ0n) is 19.2. The molecule has 1 unspecified atom stereocenters. The second kappa shape index (κ2) is 9.38. The lowest BCUT2D eigenvalue weighted by atomic mass is 9.97. The number of amides is 1. The quantitative estimate of drug-likeness (QED) is 0.569. The van der Waals surface area contributed by atoms with Crippen LogP contribution in [0.4, 0.5) is 5.95 Å². The number of ether oxygens (including phenoxy) is 1. The standard InChI is InChI=1S/C24H30N6O2/c1-28(2)24-25-14-20(19-13-26-29(3)15-19)23(27-24)18-11-12-30(16-18)22(31)10-9-17-7-5-6-8-21(17)32-4/h5-8,13-15,18H,9-12,16H2,1-4H3. The van der Waals surface area contributed by atoms with Gasteiger partial charge in [-0.1, -0.05) is 18.2 Å². The summed E-state index contributed by atoms with van der Waals surface area (Å²) in [5.41, 5.74) is 4.02. The number of para-hydroxylation sites is 1. The molecule has 1 saturated heterocycles. The lowest BCUT2D eigenvalue weighted by Gasteiger charge is -2.19. The number of likely N-dealkylation sites (tertiary alicyclic amines) is 1. The minimum absolute atomic E-state index is 0.169. The van der Waals surface area contributed by atoms with E-state index in [0.29, 0.717) is 25.3 Å². The number of nitrogens with zero attached hydrogens (tertiary/aromatic N) is 6. The van der Waals surface area contributed by atoms with Gasteiger partial charge in [0.05, 0.1) is 19.0 Å². The Morgan fingerprint density at radius 1 is 1.25 bits per heavy atom. The van der Waals surface area contributed by atoms with Gasteiger partial charge in [0.25, 0.3) is 0 Å². The predicted octanol–water partition coefficient (Wildman–Crippen LogP) is 2.90. The third-order valence-corrected chi connectivity index (χ3v) is 5.95. The van der Waals surface area contributed by atoms with Gasteiger partial charge in [-0.15, -0.1) is 0 Å². The van der Waals surface area contributed by atoms with Gasteiger partial charge in [-0.3, -0.25) is 9.48 Å². The van der Waals surface area contributed by atoms with Crippen LogP contribution in [-0.4, -0.2) is 64.9 Å². The molecular weight excluding hydrogens is 404 g/mol. The minimum Gasteiger partial charge on any atom is -0.496 e. The predicted molar refractivity (Wildman–Crippen MR) is 124 cm³/mol. The van der Waals surface area contributed by atoms with Crippen LogP contribution in [0.5, 0.6) is 5.75 Å². The van der Waals surface area contributed by atoms with E-state index in [1.807, 2.05) is 73.8 Å². The number of hydrogen-bond donors (Lipinski definition) is 0. The molecule has 1 aliphatic heterocycles. The van der Waals surface area contributed by atoms with Gasteiger partial charge in [0, 0.05) is 70.1 Å². The SMILES string of the molecule is COc1ccccc1CCC(=O)N1CCC(c2nc(N(C)C)ncc2-c2cnn(C)c2)C1. The number of carbonyl (C=O) groups excluding carboxylic acids is 1. The molecule has 2 aromatic heterocycles. The Labute approximate surface area is 188 Å². The second-order valence-corrected chi connectivity index (χ2v) is 8.40. The number of rotatable bonds is 7. The molecule has 1 amide bonds. The molecule has 0 radical (unpaired) electrons. The number of benzene rings is 1. The summed E-state index contributed by atoms with van der Waals surface area (Å²) in [5.74, 6) is 1.84. The zero-order valence-corrected chi connectivity index (χ0v) is 19.2. The van der Waals surface area contributed by atoms with Crippen LogP contribution in [0.2, 0.25) is 0 Å². The monoisotopic (exact) mass is 434 g/mol. The van der Waals surface area contributed by atoms with Crippen LogP contribution in [0.25, 0.3) is 11.1 Å². The van der Waals surface area contributed by atoms with E-state index in [1.165, 1.54) is 0 Å². The van der Waals surface area contributed by atoms with Crippen molar-refractivity contribution in [1.29, 1.82) is 0 Å². The largest absolute Gasteiger partial charge is 0.496 e. The maximum Gasteiger partial charge on any atom is 0.225 e. The Morgan fingerprint density at radius 2 is 2.06 bits per heavy atom. The van der Waals surface area contributed by atoms with Crippen molar-refractivity contribution in [2.75, 3.05) is 39.2 Å². The third kappa shape index (κ3) is 4.59. The number of aromatic nitrogens is 4. The van der Waals surface area contributed by atoms with E-state index in [0.717, 1.165) is 41.1 Å². The van der Waals surface area contributed by atoms with Crippen molar-refractivity contribution in [2.45, 2.75) is 25.2 Å². The molecule has 1 aliphatic rings. The summed E-state index contributed by atoms with van der Waals surface area (Å²) < 4.78 is 7.19. The number of aryl methyl sites for hydroxylation is 2. The fraction of sp³-hybridized carbons (Fsp3) is 0.417. The summed E-state index contributed by atoms with van der Waals surface area (Å²) in [6.45, 7) is 1.41. The van der Waals surface area contributed by atoms with Gasteiger partial charge < -0.3 is 14.5 Å². The molecule has 0 aliphatic carbocycles. The zero-order chi connectivity index (χ0) is 22.7. The number of anilines is 1. The maximum atomic E-state index is 13.0. The highest BCUT2D eigenvalue weighted by molar-refractivity contribution is 5.77. The molecule has 0 saturated carbocycles. The van der Waals surface area contributed by atoms with Crippen molar-refractivity contribution >= 4 is 11.9 Å². The fourth-order valence-corrected chi connectivity index (χ4v) is 4.21. The summed E-state index contributed by atoms with van der Waals surface area (Å²) in [4.78, 5) is 26.2. The molecule has 3 heterocycles. The Bertz CT molecular complexity index is 1090. The molecule has 8 heteroatoms. The van der Waals surface area contributed by atoms with Gasteiger partial charge in [0.1, 0.15) is 5.75 Å². The van der Waals surface area contributed by atoms with E-state index in [4.69, 9.17) is 9.72 Å². The van der Waals surface area contributed by atoms with E-state index in [1.54, 1.807) is 11.8 Å². The first-order chi connectivity index (χ1) is 15.5. The molecule has 3 aromatic rings. The van der Waals surface area contributed by atoms with Gasteiger partial charge in [-0.25, -0.2) is 9.97 Å². The molecule has 0 bridgehead atoms. The first kappa shape index (κ1) is 21.8. The van der Waals surface area contributed by atoms with E-state index < -0.39 is 0 Å². The summed E-state index contributed by atoms with van der Waals surface area (Å²) >= 11 is 0. The molecule has 0 spiro atoms. The van der Waals surface area contributed by atoms with Gasteiger partial charge in [0.2, 0.25) is 11.9 Å². The van der Waals surface area contributed by atoms with Crippen LogP contribution in [-0.2, 0) is 18.3 Å². The third-order valence-electron chi connectivity index (χ3n) is 5.95. The Balaban J connectivity index is 1.50. The Hall–Kier alpha value is -3.42. The van der Waals surface area contributed by atoms with Crippen molar-refractivity contribution in [3.8, 4) is 16.9 Å². The van der Waals surface area contributed by atoms with Crippen molar-refractivity contribution in [3.05, 3.63) is 54.1 Å². The van der Waals surface area contributed by atoms with Crippen LogP contribution in [0.3, 0.4) is 0 Å². The van der Waals surface area contributed by atoms with Crippen LogP contribution in [0.15, 0.2) is 42.9 Å². The topological polar surface area (TPSA) is 76.4 Å². The molecule has 0 N–H and O–H groups in total. The Morgan fingerprint density at radius 3 is 2.78 bits per heavy atom. The highest BCUT2D eigenvalue weighted by atomic mass is 16.5. The van der Waals surface area contributed by atoms with Crippen molar-refractivity contribution in [1.82, 2.24) is 24.6 Å². The maximum absolute atomic E-state index is 13.0. The van der Waals surface area contributed by atoms with E-state index in [2.05, 4.69) is 10.1 Å². The normalized spacial score (nSPS) is 15.8. The molecule has 32 heavy (non-hydrogen) atoms. The van der Waals surface area contributed by atoms with Crippen LogP contribution in [0.1, 0.15) is 30.0 Å². The summed E-state index contributed by atoms with van der Waals surface area (Å²) in [6.07, 6.45) is 7.71. The van der Waals surface area contributed by atoms with Crippen molar-refractivity contribution in [2.24, 2.45) is 7.05 Å². The van der Waals surface area contributed by atoms with Gasteiger partial charge in [-0.05, 0) is 24.5 Å². The average molecular weight is 435 g/mol. The highest BCUT2D eigenvalue weighted by Gasteiger charge is 2.30. The Kier molecular flexibility index (Phi) is 6.39. The average Bonchev–Trinajstić information content (AvgIpc) is 3.46. The molecule has 1 fully saturated rings. The summed E-state index contributed by atoms with van der Waals surface area (Å²) in [6, 6.07) is 7.87. The molecule has 168 valence electrons. The van der Waals surface area contributed by atoms with E-state index in [-0.39, 0.29) is 11.8 Å². The number of methoxy groups -OCH3 is 1. The summed E-state index contributed by atoms with van der Waals surface area (Å²) in [7, 11) is 7.43. The van der Waals surface area contributed by atoms with Gasteiger partial charge >= 0.3 is 0 Å². The van der Waals surface area contributed by atoms with Crippen LogP contribution >= 0.6 is 0 Å². The lowest BCUT2D eigenvalue weighted by Crippen LogP contribution is -2.28. The molecule has 1 atom stereocenters. The fourth-order valence-electron chi connectivity index (χ4n) is 4.21. The van der Waals surface area contributed by atoms with Crippen molar-refractivity contribution in [3.63, 3.8) is 0 Å². The van der Waals surface area contributed by atoms with Gasteiger partial charge in [0.15, 0.2) is 0 Å². The smallest absolute Gasteiger partial charge is 0.225 e. The van der Waals surface area contributed by atoms with Crippen molar-refractivity contribution < 1.29 is 9.53 Å². The number of carbonyl (C=O) groups is 1. The molecule has 8 nitrogen and oxygen atoms in total. The summed E-state index contributed by atoms with van der Waals surface area (Å²) in [5, 5.41) is 4.30. The van der Waals surface area contributed by atoms with E-state index >= 15 is 0 Å². The second-order valence-electron chi connectivity index (χ2n) is 8.40. The highest BCUT2D eigenvalue weighted by Crippen LogP contribution is 2.34. The van der Waals surface area contributed by atoms with Crippen LogP contribution < -0.4 is 9.64 Å². The van der Waals surface area contributed by atoms with Crippen LogP contribution in [0, 0.1) is 0 Å². The lowest BCUT2D eigenvalue weighted by molar-refractivity contribution is -0.130.